The van der Waals surface area contributed by atoms with Gasteiger partial charge >= 0.3 is 0 Å². The molecule has 0 saturated carbocycles. The zero-order valence-corrected chi connectivity index (χ0v) is 17.7. The van der Waals surface area contributed by atoms with E-state index in [0.29, 0.717) is 0 Å². The molecular weight excluding hydrogens is 439 g/mol. The SMILES string of the molecule is CN=C(NCCCn1ccc2ccccc21)NCCC1=CCOCC1.I. The Hall–Kier alpha value is -1.54. The molecule has 0 aliphatic carbocycles. The quantitative estimate of drug-likeness (QED) is 0.215. The third-order valence-corrected chi connectivity index (χ3v) is 4.57. The number of nitrogens with zero attached hydrogens (tertiary/aromatic N) is 2. The van der Waals surface area contributed by atoms with Crippen molar-refractivity contribution in [3.8, 4) is 0 Å². The van der Waals surface area contributed by atoms with Gasteiger partial charge in [-0.2, -0.15) is 0 Å². The van der Waals surface area contributed by atoms with Crippen LogP contribution in [0, 0.1) is 0 Å². The van der Waals surface area contributed by atoms with Crippen molar-refractivity contribution >= 4 is 40.8 Å². The van der Waals surface area contributed by atoms with Crippen LogP contribution in [0.25, 0.3) is 10.9 Å². The van der Waals surface area contributed by atoms with Crippen molar-refractivity contribution in [2.24, 2.45) is 4.99 Å². The van der Waals surface area contributed by atoms with Gasteiger partial charge in [0.25, 0.3) is 0 Å². The maximum atomic E-state index is 5.34. The van der Waals surface area contributed by atoms with Crippen LogP contribution in [0.15, 0.2) is 53.2 Å². The summed E-state index contributed by atoms with van der Waals surface area (Å²) in [4.78, 5) is 4.30. The second-order valence-corrected chi connectivity index (χ2v) is 6.28. The fourth-order valence-corrected chi connectivity index (χ4v) is 3.15. The first-order chi connectivity index (χ1) is 12.4. The smallest absolute Gasteiger partial charge is 0.190 e. The number of halogens is 1. The molecule has 1 aliphatic rings. The Morgan fingerprint density at radius 3 is 2.85 bits per heavy atom. The topological polar surface area (TPSA) is 50.6 Å². The lowest BCUT2D eigenvalue weighted by molar-refractivity contribution is 0.153. The first-order valence-electron chi connectivity index (χ1n) is 9.11. The lowest BCUT2D eigenvalue weighted by atomic mass is 10.1. The zero-order chi connectivity index (χ0) is 17.3. The van der Waals surface area contributed by atoms with E-state index in [2.05, 4.69) is 62.8 Å². The van der Waals surface area contributed by atoms with Crippen molar-refractivity contribution < 1.29 is 4.74 Å². The molecule has 2 heterocycles. The normalized spacial score (nSPS) is 14.7. The first-order valence-corrected chi connectivity index (χ1v) is 9.11. The van der Waals surface area contributed by atoms with E-state index in [1.807, 2.05) is 7.05 Å². The number of rotatable bonds is 7. The molecule has 2 N–H and O–H groups in total. The molecule has 2 aromatic rings. The van der Waals surface area contributed by atoms with Crippen LogP contribution in [0.4, 0.5) is 0 Å². The number of para-hydroxylation sites is 1. The summed E-state index contributed by atoms with van der Waals surface area (Å²) < 4.78 is 7.65. The molecule has 1 aromatic heterocycles. The number of aliphatic imine (C=N–C) groups is 1. The lowest BCUT2D eigenvalue weighted by Crippen LogP contribution is -2.38. The summed E-state index contributed by atoms with van der Waals surface area (Å²) in [6, 6.07) is 10.7. The maximum absolute atomic E-state index is 5.34. The van der Waals surface area contributed by atoms with Gasteiger partial charge in [-0.15, -0.1) is 24.0 Å². The third-order valence-electron chi connectivity index (χ3n) is 4.57. The number of ether oxygens (including phenoxy) is 1. The number of benzene rings is 1. The monoisotopic (exact) mass is 468 g/mol. The highest BCUT2D eigenvalue weighted by atomic mass is 127. The van der Waals surface area contributed by atoms with Gasteiger partial charge in [-0.3, -0.25) is 4.99 Å². The minimum absolute atomic E-state index is 0. The van der Waals surface area contributed by atoms with Gasteiger partial charge in [0.1, 0.15) is 0 Å². The summed E-state index contributed by atoms with van der Waals surface area (Å²) in [6.45, 7) is 4.43. The highest BCUT2D eigenvalue weighted by Gasteiger charge is 2.04. The van der Waals surface area contributed by atoms with E-state index in [1.54, 1.807) is 0 Å². The van der Waals surface area contributed by atoms with E-state index in [1.165, 1.54) is 16.5 Å². The third kappa shape index (κ3) is 6.02. The van der Waals surface area contributed by atoms with Crippen LogP contribution in [0.1, 0.15) is 19.3 Å². The van der Waals surface area contributed by atoms with Gasteiger partial charge in [0.15, 0.2) is 5.96 Å². The Kier molecular flexibility index (Phi) is 8.97. The molecule has 3 rings (SSSR count). The Balaban J connectivity index is 0.00000243. The van der Waals surface area contributed by atoms with Gasteiger partial charge in [0, 0.05) is 38.4 Å². The van der Waals surface area contributed by atoms with E-state index < -0.39 is 0 Å². The van der Waals surface area contributed by atoms with Crippen LogP contribution >= 0.6 is 24.0 Å². The number of aromatic nitrogens is 1. The molecule has 1 aromatic carbocycles. The molecule has 0 fully saturated rings. The molecule has 6 heteroatoms. The van der Waals surface area contributed by atoms with Crippen molar-refractivity contribution in [3.05, 3.63) is 48.2 Å². The fraction of sp³-hybridized carbons (Fsp3) is 0.450. The van der Waals surface area contributed by atoms with Crippen LogP contribution in [-0.4, -0.2) is 43.9 Å². The van der Waals surface area contributed by atoms with Crippen LogP contribution in [0.5, 0.6) is 0 Å². The molecular formula is C20H29IN4O. The van der Waals surface area contributed by atoms with Crippen molar-refractivity contribution in [2.75, 3.05) is 33.4 Å². The average molecular weight is 468 g/mol. The number of nitrogens with one attached hydrogen (secondary N) is 2. The minimum Gasteiger partial charge on any atom is -0.377 e. The second kappa shape index (κ2) is 11.2. The minimum atomic E-state index is 0. The molecule has 5 nitrogen and oxygen atoms in total. The van der Waals surface area contributed by atoms with Crippen LogP contribution in [0.3, 0.4) is 0 Å². The summed E-state index contributed by atoms with van der Waals surface area (Å²) in [5, 5.41) is 8.09. The molecule has 0 atom stereocenters. The Labute approximate surface area is 172 Å². The molecule has 0 unspecified atom stereocenters. The van der Waals surface area contributed by atoms with E-state index >= 15 is 0 Å². The van der Waals surface area contributed by atoms with Crippen molar-refractivity contribution in [1.82, 2.24) is 15.2 Å². The average Bonchev–Trinajstić information content (AvgIpc) is 3.08. The highest BCUT2D eigenvalue weighted by molar-refractivity contribution is 14.0. The largest absolute Gasteiger partial charge is 0.377 e. The van der Waals surface area contributed by atoms with E-state index in [9.17, 15) is 0 Å². The molecule has 0 amide bonds. The number of fused-ring (bicyclic) bond motifs is 1. The van der Waals surface area contributed by atoms with Gasteiger partial charge in [-0.1, -0.05) is 29.8 Å². The molecule has 1 aliphatic heterocycles. The standard InChI is InChI=1S/C20H28N4O.HI/c1-21-20(23-12-7-17-9-15-25-16-10-17)22-11-4-13-24-14-8-18-5-2-3-6-19(18)24;/h2-3,5-6,8-9,14H,4,7,10-13,15-16H2,1H3,(H2,21,22,23);1H. The van der Waals surface area contributed by atoms with E-state index in [4.69, 9.17) is 4.74 Å². The van der Waals surface area contributed by atoms with Gasteiger partial charge in [-0.05, 0) is 36.8 Å². The summed E-state index contributed by atoms with van der Waals surface area (Å²) >= 11 is 0. The maximum Gasteiger partial charge on any atom is 0.190 e. The molecule has 0 bridgehead atoms. The van der Waals surface area contributed by atoms with Gasteiger partial charge < -0.3 is 19.9 Å². The molecule has 0 saturated heterocycles. The predicted octanol–water partition coefficient (Wildman–Crippen LogP) is 3.55. The fourth-order valence-electron chi connectivity index (χ4n) is 3.15. The number of aryl methyl sites for hydroxylation is 1. The Morgan fingerprint density at radius 2 is 2.04 bits per heavy atom. The summed E-state index contributed by atoms with van der Waals surface area (Å²) in [5.74, 6) is 0.880. The van der Waals surface area contributed by atoms with Gasteiger partial charge in [-0.25, -0.2) is 0 Å². The van der Waals surface area contributed by atoms with Crippen LogP contribution in [-0.2, 0) is 11.3 Å². The zero-order valence-electron chi connectivity index (χ0n) is 15.4. The lowest BCUT2D eigenvalue weighted by Gasteiger charge is -2.15. The van der Waals surface area contributed by atoms with Crippen LogP contribution < -0.4 is 10.6 Å². The van der Waals surface area contributed by atoms with Crippen LogP contribution in [0.2, 0.25) is 0 Å². The summed E-state index contributed by atoms with van der Waals surface area (Å²) in [7, 11) is 1.82. The highest BCUT2D eigenvalue weighted by Crippen LogP contribution is 2.15. The predicted molar refractivity (Wildman–Crippen MR) is 119 cm³/mol. The summed E-state index contributed by atoms with van der Waals surface area (Å²) in [6.07, 6.45) is 7.53. The van der Waals surface area contributed by atoms with E-state index in [0.717, 1.165) is 58.1 Å². The van der Waals surface area contributed by atoms with Crippen molar-refractivity contribution in [3.63, 3.8) is 0 Å². The number of hydrogen-bond acceptors (Lipinski definition) is 2. The van der Waals surface area contributed by atoms with Crippen molar-refractivity contribution in [1.29, 1.82) is 0 Å². The van der Waals surface area contributed by atoms with Crippen molar-refractivity contribution in [2.45, 2.75) is 25.8 Å². The van der Waals surface area contributed by atoms with Gasteiger partial charge in [0.2, 0.25) is 0 Å². The summed E-state index contributed by atoms with van der Waals surface area (Å²) in [5.41, 5.74) is 2.78. The molecule has 142 valence electrons. The first kappa shape index (κ1) is 20.8. The van der Waals surface area contributed by atoms with Gasteiger partial charge in [0.05, 0.1) is 13.2 Å². The molecule has 26 heavy (non-hydrogen) atoms. The number of guanidine groups is 1. The van der Waals surface area contributed by atoms with E-state index in [-0.39, 0.29) is 24.0 Å². The second-order valence-electron chi connectivity index (χ2n) is 6.28. The Bertz CT molecular complexity index is 738. The molecule has 0 spiro atoms. The Morgan fingerprint density at radius 1 is 1.19 bits per heavy atom. The number of hydrogen-bond donors (Lipinski definition) is 2. The molecule has 0 radical (unpaired) electrons.